The molecule has 2 rings (SSSR count). The average molecular weight is 236 g/mol. The molecule has 0 saturated heterocycles. The van der Waals surface area contributed by atoms with Crippen LogP contribution in [-0.4, -0.2) is 9.78 Å². The molecule has 0 aliphatic heterocycles. The SMILES string of the molecule is CC1CCC(C(NN)c2ccn(C)n2)CC1C. The molecular formula is C13H24N4. The second-order valence-corrected chi connectivity index (χ2v) is 5.59. The standard InChI is InChI=1S/C13H24N4/c1-9-4-5-11(8-10(9)2)13(15-14)12-6-7-17(3)16-12/h6-7,9-11,13,15H,4-5,8,14H2,1-3H3. The first-order valence-electron chi connectivity index (χ1n) is 6.57. The first-order chi connectivity index (χ1) is 8.11. The molecule has 4 heteroatoms. The van der Waals surface area contributed by atoms with E-state index in [0.29, 0.717) is 5.92 Å². The van der Waals surface area contributed by atoms with Crippen LogP contribution in [0.3, 0.4) is 0 Å². The first-order valence-corrected chi connectivity index (χ1v) is 6.57. The predicted octanol–water partition coefficient (Wildman–Crippen LogP) is 2.00. The number of aryl methyl sites for hydroxylation is 1. The molecule has 1 aliphatic rings. The van der Waals surface area contributed by atoms with Crippen LogP contribution in [0.1, 0.15) is 44.8 Å². The van der Waals surface area contributed by atoms with E-state index in [0.717, 1.165) is 17.5 Å². The molecule has 1 aromatic rings. The maximum absolute atomic E-state index is 5.73. The Morgan fingerprint density at radius 2 is 2.18 bits per heavy atom. The molecule has 4 atom stereocenters. The predicted molar refractivity (Wildman–Crippen MR) is 68.9 cm³/mol. The number of nitrogens with two attached hydrogens (primary N) is 1. The lowest BCUT2D eigenvalue weighted by atomic mass is 9.73. The van der Waals surface area contributed by atoms with E-state index in [9.17, 15) is 0 Å². The van der Waals surface area contributed by atoms with Gasteiger partial charge in [0.2, 0.25) is 0 Å². The van der Waals surface area contributed by atoms with E-state index in [1.807, 2.05) is 17.9 Å². The summed E-state index contributed by atoms with van der Waals surface area (Å²) in [4.78, 5) is 0. The Morgan fingerprint density at radius 1 is 1.41 bits per heavy atom. The molecule has 0 radical (unpaired) electrons. The zero-order valence-corrected chi connectivity index (χ0v) is 11.1. The summed E-state index contributed by atoms with van der Waals surface area (Å²) in [6.45, 7) is 4.70. The van der Waals surface area contributed by atoms with Crippen molar-refractivity contribution >= 4 is 0 Å². The van der Waals surface area contributed by atoms with Crippen LogP contribution in [0.2, 0.25) is 0 Å². The summed E-state index contributed by atoms with van der Waals surface area (Å²) in [6, 6.07) is 2.26. The van der Waals surface area contributed by atoms with Crippen molar-refractivity contribution in [3.63, 3.8) is 0 Å². The molecule has 17 heavy (non-hydrogen) atoms. The zero-order chi connectivity index (χ0) is 12.4. The maximum atomic E-state index is 5.73. The minimum absolute atomic E-state index is 0.200. The van der Waals surface area contributed by atoms with Crippen LogP contribution < -0.4 is 11.3 Å². The van der Waals surface area contributed by atoms with Gasteiger partial charge in [0.15, 0.2) is 0 Å². The summed E-state index contributed by atoms with van der Waals surface area (Å²) in [5.41, 5.74) is 4.03. The zero-order valence-electron chi connectivity index (χ0n) is 11.1. The number of hydrogen-bond acceptors (Lipinski definition) is 3. The van der Waals surface area contributed by atoms with Crippen molar-refractivity contribution in [2.24, 2.45) is 30.6 Å². The van der Waals surface area contributed by atoms with Gasteiger partial charge in [0.05, 0.1) is 11.7 Å². The Labute approximate surface area is 104 Å². The molecule has 96 valence electrons. The molecule has 4 unspecified atom stereocenters. The fraction of sp³-hybridized carbons (Fsp3) is 0.769. The quantitative estimate of drug-likeness (QED) is 0.623. The average Bonchev–Trinajstić information content (AvgIpc) is 2.71. The van der Waals surface area contributed by atoms with Gasteiger partial charge in [-0.1, -0.05) is 20.3 Å². The van der Waals surface area contributed by atoms with Crippen LogP contribution in [0.25, 0.3) is 0 Å². The van der Waals surface area contributed by atoms with E-state index in [1.165, 1.54) is 19.3 Å². The highest BCUT2D eigenvalue weighted by atomic mass is 15.3. The number of nitrogens with one attached hydrogen (secondary N) is 1. The number of aromatic nitrogens is 2. The van der Waals surface area contributed by atoms with E-state index in [2.05, 4.69) is 30.4 Å². The third-order valence-corrected chi connectivity index (χ3v) is 4.34. The summed E-state index contributed by atoms with van der Waals surface area (Å²) in [5.74, 6) is 7.96. The van der Waals surface area contributed by atoms with Gasteiger partial charge in [0, 0.05) is 13.2 Å². The summed E-state index contributed by atoms with van der Waals surface area (Å²) in [5, 5.41) is 4.48. The molecule has 0 bridgehead atoms. The number of hydrazine groups is 1. The molecule has 3 N–H and O–H groups in total. The molecule has 1 aromatic heterocycles. The molecule has 1 aliphatic carbocycles. The molecule has 4 nitrogen and oxygen atoms in total. The fourth-order valence-corrected chi connectivity index (χ4v) is 2.95. The number of nitrogens with zero attached hydrogens (tertiary/aromatic N) is 2. The Balaban J connectivity index is 2.08. The highest BCUT2D eigenvalue weighted by Gasteiger charge is 2.31. The lowest BCUT2D eigenvalue weighted by Gasteiger charge is -2.35. The van der Waals surface area contributed by atoms with Gasteiger partial charge in [0.25, 0.3) is 0 Å². The van der Waals surface area contributed by atoms with Gasteiger partial charge in [-0.25, -0.2) is 0 Å². The van der Waals surface area contributed by atoms with Crippen LogP contribution in [-0.2, 0) is 7.05 Å². The topological polar surface area (TPSA) is 55.9 Å². The van der Waals surface area contributed by atoms with E-state index in [4.69, 9.17) is 5.84 Å². The first kappa shape index (κ1) is 12.6. The van der Waals surface area contributed by atoms with Crippen LogP contribution in [0, 0.1) is 17.8 Å². The van der Waals surface area contributed by atoms with Gasteiger partial charge in [-0.3, -0.25) is 16.0 Å². The molecule has 1 fully saturated rings. The summed E-state index contributed by atoms with van der Waals surface area (Å²) < 4.78 is 1.84. The Bertz CT molecular complexity index is 360. The molecule has 0 amide bonds. The normalized spacial score (nSPS) is 31.4. The molecule has 1 saturated carbocycles. The van der Waals surface area contributed by atoms with E-state index in [-0.39, 0.29) is 6.04 Å². The minimum atomic E-state index is 0.200. The van der Waals surface area contributed by atoms with Crippen molar-refractivity contribution in [2.75, 3.05) is 0 Å². The van der Waals surface area contributed by atoms with Crippen molar-refractivity contribution < 1.29 is 0 Å². The highest BCUT2D eigenvalue weighted by Crippen LogP contribution is 2.39. The third-order valence-electron chi connectivity index (χ3n) is 4.34. The second kappa shape index (κ2) is 5.19. The monoisotopic (exact) mass is 236 g/mol. The Morgan fingerprint density at radius 3 is 2.71 bits per heavy atom. The lowest BCUT2D eigenvalue weighted by molar-refractivity contribution is 0.169. The van der Waals surface area contributed by atoms with Crippen molar-refractivity contribution in [3.05, 3.63) is 18.0 Å². The largest absolute Gasteiger partial charge is 0.275 e. The van der Waals surface area contributed by atoms with E-state index < -0.39 is 0 Å². The smallest absolute Gasteiger partial charge is 0.0810 e. The Kier molecular flexibility index (Phi) is 3.84. The molecule has 0 aromatic carbocycles. The second-order valence-electron chi connectivity index (χ2n) is 5.59. The summed E-state index contributed by atoms with van der Waals surface area (Å²) >= 11 is 0. The number of rotatable bonds is 3. The molecular weight excluding hydrogens is 212 g/mol. The Hall–Kier alpha value is -0.870. The van der Waals surface area contributed by atoms with Gasteiger partial charge in [-0.2, -0.15) is 5.10 Å². The van der Waals surface area contributed by atoms with Crippen molar-refractivity contribution in [3.8, 4) is 0 Å². The van der Waals surface area contributed by atoms with Gasteiger partial charge in [-0.15, -0.1) is 0 Å². The van der Waals surface area contributed by atoms with Crippen molar-refractivity contribution in [1.82, 2.24) is 15.2 Å². The van der Waals surface area contributed by atoms with Gasteiger partial charge in [-0.05, 0) is 36.7 Å². The lowest BCUT2D eigenvalue weighted by Crippen LogP contribution is -2.37. The maximum Gasteiger partial charge on any atom is 0.0810 e. The van der Waals surface area contributed by atoms with Crippen LogP contribution >= 0.6 is 0 Å². The van der Waals surface area contributed by atoms with E-state index >= 15 is 0 Å². The molecule has 0 spiro atoms. The summed E-state index contributed by atoms with van der Waals surface area (Å²) in [7, 11) is 1.95. The summed E-state index contributed by atoms with van der Waals surface area (Å²) in [6.07, 6.45) is 5.77. The van der Waals surface area contributed by atoms with Crippen LogP contribution in [0.5, 0.6) is 0 Å². The van der Waals surface area contributed by atoms with Gasteiger partial charge < -0.3 is 0 Å². The van der Waals surface area contributed by atoms with Gasteiger partial charge in [0.1, 0.15) is 0 Å². The van der Waals surface area contributed by atoms with Crippen LogP contribution in [0.4, 0.5) is 0 Å². The highest BCUT2D eigenvalue weighted by molar-refractivity contribution is 5.07. The van der Waals surface area contributed by atoms with Gasteiger partial charge >= 0.3 is 0 Å². The van der Waals surface area contributed by atoms with Crippen molar-refractivity contribution in [1.29, 1.82) is 0 Å². The van der Waals surface area contributed by atoms with Crippen molar-refractivity contribution in [2.45, 2.75) is 39.2 Å². The van der Waals surface area contributed by atoms with E-state index in [1.54, 1.807) is 0 Å². The van der Waals surface area contributed by atoms with Crippen LogP contribution in [0.15, 0.2) is 12.3 Å². The minimum Gasteiger partial charge on any atom is -0.275 e. The number of hydrogen-bond donors (Lipinski definition) is 2. The molecule has 1 heterocycles. The fourth-order valence-electron chi connectivity index (χ4n) is 2.95. The third kappa shape index (κ3) is 2.69.